The summed E-state index contributed by atoms with van der Waals surface area (Å²) >= 11 is 0. The first-order valence-electron chi connectivity index (χ1n) is 6.78. The van der Waals surface area contributed by atoms with Gasteiger partial charge < -0.3 is 5.41 Å². The Kier molecular flexibility index (Phi) is 3.82. The summed E-state index contributed by atoms with van der Waals surface area (Å²) in [5.41, 5.74) is 2.20. The minimum Gasteiger partial charge on any atom is -0.308 e. The van der Waals surface area contributed by atoms with Crippen LogP contribution in [0.5, 0.6) is 0 Å². The molecule has 0 atom stereocenters. The van der Waals surface area contributed by atoms with Crippen molar-refractivity contribution in [1.29, 1.82) is 5.41 Å². The number of nitrogens with one attached hydrogen (secondary N) is 1. The summed E-state index contributed by atoms with van der Waals surface area (Å²) in [6.07, 6.45) is 10.0. The van der Waals surface area contributed by atoms with Crippen molar-refractivity contribution in [3.8, 4) is 17.3 Å². The molecule has 0 bridgehead atoms. The maximum absolute atomic E-state index is 7.38. The van der Waals surface area contributed by atoms with Crippen molar-refractivity contribution in [1.82, 2.24) is 24.5 Å². The summed E-state index contributed by atoms with van der Waals surface area (Å²) in [4.78, 5) is 17.3. The van der Waals surface area contributed by atoms with E-state index >= 15 is 0 Å². The van der Waals surface area contributed by atoms with E-state index in [-0.39, 0.29) is 0 Å². The first-order valence-corrected chi connectivity index (χ1v) is 6.78. The molecule has 0 spiro atoms. The van der Waals surface area contributed by atoms with Gasteiger partial charge in [0.05, 0.1) is 5.69 Å². The van der Waals surface area contributed by atoms with Gasteiger partial charge >= 0.3 is 0 Å². The molecule has 1 N–H and O–H groups in total. The Hall–Kier alpha value is -3.15. The van der Waals surface area contributed by atoms with Gasteiger partial charge in [-0.3, -0.25) is 4.57 Å². The van der Waals surface area contributed by atoms with Crippen LogP contribution in [0.25, 0.3) is 22.9 Å². The highest BCUT2D eigenvalue weighted by atomic mass is 15.1. The van der Waals surface area contributed by atoms with Crippen molar-refractivity contribution in [3.05, 3.63) is 61.0 Å². The molecule has 0 aliphatic heterocycles. The molecular formula is C16H14N6. The Morgan fingerprint density at radius 3 is 2.68 bits per heavy atom. The van der Waals surface area contributed by atoms with Crippen LogP contribution in [0.1, 0.15) is 12.6 Å². The molecule has 0 saturated carbocycles. The molecule has 3 heterocycles. The summed E-state index contributed by atoms with van der Waals surface area (Å²) in [6, 6.07) is 7.43. The highest BCUT2D eigenvalue weighted by Gasteiger charge is 2.07. The smallest absolute Gasteiger partial charge is 0.178 e. The number of hydrogen-bond donors (Lipinski definition) is 1. The third-order valence-electron chi connectivity index (χ3n) is 3.14. The van der Waals surface area contributed by atoms with Gasteiger partial charge in [-0.1, -0.05) is 12.1 Å². The first kappa shape index (κ1) is 13.8. The first-order chi connectivity index (χ1) is 10.8. The summed E-state index contributed by atoms with van der Waals surface area (Å²) in [5, 5.41) is 7.38. The number of rotatable bonds is 4. The summed E-state index contributed by atoms with van der Waals surface area (Å²) in [5.74, 6) is 1.31. The monoisotopic (exact) mass is 290 g/mol. The number of aromatic nitrogens is 5. The van der Waals surface area contributed by atoms with Gasteiger partial charge in [0.25, 0.3) is 0 Å². The average Bonchev–Trinajstić information content (AvgIpc) is 3.07. The van der Waals surface area contributed by atoms with Gasteiger partial charge in [-0.05, 0) is 25.1 Å². The summed E-state index contributed by atoms with van der Waals surface area (Å²) in [6.45, 7) is 1.88. The third-order valence-corrected chi connectivity index (χ3v) is 3.14. The predicted molar refractivity (Wildman–Crippen MR) is 84.8 cm³/mol. The third kappa shape index (κ3) is 2.67. The zero-order valence-corrected chi connectivity index (χ0v) is 12.0. The molecule has 0 aromatic carbocycles. The maximum Gasteiger partial charge on any atom is 0.178 e. The number of nitrogens with zero attached hydrogens (tertiary/aromatic N) is 5. The lowest BCUT2D eigenvalue weighted by molar-refractivity contribution is 0.988. The Labute approximate surface area is 127 Å². The van der Waals surface area contributed by atoms with Crippen LogP contribution in [0.15, 0.2) is 55.3 Å². The number of pyridine rings is 1. The molecule has 0 unspecified atom stereocenters. The van der Waals surface area contributed by atoms with Crippen LogP contribution in [-0.4, -0.2) is 30.7 Å². The van der Waals surface area contributed by atoms with Crippen LogP contribution < -0.4 is 0 Å². The fourth-order valence-corrected chi connectivity index (χ4v) is 2.03. The zero-order chi connectivity index (χ0) is 15.4. The Bertz CT molecular complexity index is 819. The molecule has 6 heteroatoms. The summed E-state index contributed by atoms with van der Waals surface area (Å²) in [7, 11) is 0. The lowest BCUT2D eigenvalue weighted by atomic mass is 10.2. The highest BCUT2D eigenvalue weighted by Crippen LogP contribution is 2.16. The fourth-order valence-electron chi connectivity index (χ4n) is 2.03. The van der Waals surface area contributed by atoms with Crippen molar-refractivity contribution in [3.63, 3.8) is 0 Å². The van der Waals surface area contributed by atoms with Gasteiger partial charge in [0.2, 0.25) is 0 Å². The minimum absolute atomic E-state index is 0.582. The maximum atomic E-state index is 7.38. The quantitative estimate of drug-likeness (QED) is 0.749. The number of allylic oxidation sites excluding steroid dienone is 2. The zero-order valence-electron chi connectivity index (χ0n) is 12.0. The topological polar surface area (TPSA) is 80.3 Å². The van der Waals surface area contributed by atoms with Gasteiger partial charge in [0.1, 0.15) is 17.8 Å². The SMILES string of the molecule is CC=C(C=N)c1cn(-c2cccc(-c3ncccn3)n2)cn1. The Morgan fingerprint density at radius 1 is 1.14 bits per heavy atom. The minimum atomic E-state index is 0.582. The molecule has 0 saturated heterocycles. The molecule has 22 heavy (non-hydrogen) atoms. The van der Waals surface area contributed by atoms with E-state index in [2.05, 4.69) is 19.9 Å². The van der Waals surface area contributed by atoms with Crippen LogP contribution >= 0.6 is 0 Å². The van der Waals surface area contributed by atoms with E-state index in [0.717, 1.165) is 17.1 Å². The van der Waals surface area contributed by atoms with E-state index in [9.17, 15) is 0 Å². The van der Waals surface area contributed by atoms with Gasteiger partial charge in [-0.25, -0.2) is 19.9 Å². The second-order valence-corrected chi connectivity index (χ2v) is 4.51. The molecule has 108 valence electrons. The van der Waals surface area contributed by atoms with E-state index in [0.29, 0.717) is 11.5 Å². The fraction of sp³-hybridized carbons (Fsp3) is 0.0625. The van der Waals surface area contributed by atoms with Gasteiger partial charge in [-0.2, -0.15) is 0 Å². The highest BCUT2D eigenvalue weighted by molar-refractivity contribution is 6.07. The van der Waals surface area contributed by atoms with Crippen LogP contribution in [0.4, 0.5) is 0 Å². The molecular weight excluding hydrogens is 276 g/mol. The predicted octanol–water partition coefficient (Wildman–Crippen LogP) is 2.78. The molecule has 0 aliphatic carbocycles. The molecule has 3 aromatic heterocycles. The van der Waals surface area contributed by atoms with Crippen molar-refractivity contribution in [2.75, 3.05) is 0 Å². The number of hydrogen-bond acceptors (Lipinski definition) is 5. The average molecular weight is 290 g/mol. The normalized spacial score (nSPS) is 11.4. The second kappa shape index (κ2) is 6.09. The molecule has 0 radical (unpaired) electrons. The van der Waals surface area contributed by atoms with Gasteiger partial charge in [0.15, 0.2) is 5.82 Å². The van der Waals surface area contributed by atoms with Crippen LogP contribution in [0.2, 0.25) is 0 Å². The molecule has 3 aromatic rings. The van der Waals surface area contributed by atoms with Gasteiger partial charge in [0, 0.05) is 30.4 Å². The number of imidazole rings is 1. The van der Waals surface area contributed by atoms with E-state index in [4.69, 9.17) is 5.41 Å². The molecule has 3 rings (SSSR count). The molecule has 6 nitrogen and oxygen atoms in total. The Balaban J connectivity index is 1.98. The largest absolute Gasteiger partial charge is 0.308 e. The molecule has 0 amide bonds. The van der Waals surface area contributed by atoms with Crippen molar-refractivity contribution in [2.24, 2.45) is 0 Å². The lowest BCUT2D eigenvalue weighted by Crippen LogP contribution is -1.97. The van der Waals surface area contributed by atoms with Crippen LogP contribution in [0.3, 0.4) is 0 Å². The molecule has 0 fully saturated rings. The second-order valence-electron chi connectivity index (χ2n) is 4.51. The van der Waals surface area contributed by atoms with Crippen LogP contribution in [-0.2, 0) is 0 Å². The van der Waals surface area contributed by atoms with E-state index in [1.807, 2.05) is 42.0 Å². The van der Waals surface area contributed by atoms with E-state index in [1.54, 1.807) is 24.8 Å². The lowest BCUT2D eigenvalue weighted by Gasteiger charge is -2.03. The van der Waals surface area contributed by atoms with Crippen molar-refractivity contribution < 1.29 is 0 Å². The van der Waals surface area contributed by atoms with E-state index < -0.39 is 0 Å². The molecule has 0 aliphatic rings. The summed E-state index contributed by atoms with van der Waals surface area (Å²) < 4.78 is 1.81. The van der Waals surface area contributed by atoms with E-state index in [1.165, 1.54) is 6.21 Å². The van der Waals surface area contributed by atoms with Gasteiger partial charge in [-0.15, -0.1) is 0 Å². The standard InChI is InChI=1S/C16H14N6/c1-2-12(9-17)14-10-22(11-20-14)15-6-3-5-13(21-15)16-18-7-4-8-19-16/h2-11,17H,1H3. The van der Waals surface area contributed by atoms with Crippen molar-refractivity contribution in [2.45, 2.75) is 6.92 Å². The van der Waals surface area contributed by atoms with Crippen molar-refractivity contribution >= 4 is 11.8 Å². The van der Waals surface area contributed by atoms with Crippen LogP contribution in [0, 0.1) is 5.41 Å². The Morgan fingerprint density at radius 2 is 1.95 bits per heavy atom.